The highest BCUT2D eigenvalue weighted by Crippen LogP contribution is 2.25. The third kappa shape index (κ3) is 3.50. The number of hydrogen-bond donors (Lipinski definition) is 1. The summed E-state index contributed by atoms with van der Waals surface area (Å²) in [7, 11) is 6.11. The van der Waals surface area contributed by atoms with E-state index in [1.54, 1.807) is 4.68 Å². The maximum atomic E-state index is 6.35. The summed E-state index contributed by atoms with van der Waals surface area (Å²) in [6.45, 7) is 9.60. The van der Waals surface area contributed by atoms with E-state index < -0.39 is 0 Å². The fourth-order valence-electron chi connectivity index (χ4n) is 2.24. The summed E-state index contributed by atoms with van der Waals surface area (Å²) in [6.07, 6.45) is 0.886. The van der Waals surface area contributed by atoms with Gasteiger partial charge in [-0.15, -0.1) is 0 Å². The molecule has 1 aromatic heterocycles. The third-order valence-electron chi connectivity index (χ3n) is 4.13. The van der Waals surface area contributed by atoms with Crippen LogP contribution in [0.25, 0.3) is 0 Å². The first-order chi connectivity index (χ1) is 8.71. The Morgan fingerprint density at radius 1 is 1.42 bits per heavy atom. The molecule has 1 atom stereocenters. The Kier molecular flexibility index (Phi) is 5.42. The first-order valence-corrected chi connectivity index (χ1v) is 7.18. The molecule has 0 saturated heterocycles. The maximum absolute atomic E-state index is 6.35. The predicted octanol–water partition coefficient (Wildman–Crippen LogP) is 2.24. The van der Waals surface area contributed by atoms with Crippen LogP contribution in [0.1, 0.15) is 32.0 Å². The molecule has 0 aliphatic rings. The van der Waals surface area contributed by atoms with Gasteiger partial charge in [-0.25, -0.2) is 0 Å². The zero-order valence-corrected chi connectivity index (χ0v) is 14.0. The van der Waals surface area contributed by atoms with Crippen LogP contribution in [0, 0.1) is 6.92 Å². The Balaban J connectivity index is 3.02. The molecule has 1 heterocycles. The molecule has 0 spiro atoms. The molecular formula is C14H27ClN4. The van der Waals surface area contributed by atoms with Crippen molar-refractivity contribution in [3.05, 3.63) is 16.4 Å². The zero-order valence-electron chi connectivity index (χ0n) is 13.2. The number of nitrogens with zero attached hydrogens (tertiary/aromatic N) is 3. The van der Waals surface area contributed by atoms with Crippen LogP contribution < -0.4 is 5.32 Å². The van der Waals surface area contributed by atoms with E-state index in [-0.39, 0.29) is 5.54 Å². The second-order valence-corrected chi connectivity index (χ2v) is 6.20. The Morgan fingerprint density at radius 2 is 2.00 bits per heavy atom. The number of rotatable bonds is 6. The normalized spacial score (nSPS) is 14.2. The van der Waals surface area contributed by atoms with Gasteiger partial charge < -0.3 is 10.2 Å². The van der Waals surface area contributed by atoms with Gasteiger partial charge >= 0.3 is 0 Å². The van der Waals surface area contributed by atoms with Crippen LogP contribution >= 0.6 is 11.6 Å². The van der Waals surface area contributed by atoms with Gasteiger partial charge in [0.25, 0.3) is 0 Å². The fourth-order valence-corrected chi connectivity index (χ4v) is 2.49. The number of halogens is 1. The largest absolute Gasteiger partial charge is 0.312 e. The average molecular weight is 287 g/mol. The van der Waals surface area contributed by atoms with E-state index in [0.29, 0.717) is 6.04 Å². The Hall–Kier alpha value is -0.580. The number of likely N-dealkylation sites (N-methyl/N-ethyl adjacent to an activating group) is 2. The van der Waals surface area contributed by atoms with E-state index in [1.165, 1.54) is 0 Å². The lowest BCUT2D eigenvalue weighted by Crippen LogP contribution is -2.56. The van der Waals surface area contributed by atoms with E-state index in [1.807, 2.05) is 14.0 Å². The molecule has 5 heteroatoms. The molecule has 110 valence electrons. The molecule has 0 amide bonds. The van der Waals surface area contributed by atoms with Gasteiger partial charge in [0.05, 0.1) is 5.69 Å². The summed E-state index contributed by atoms with van der Waals surface area (Å²) in [5, 5.41) is 8.72. The smallest absolute Gasteiger partial charge is 0.130 e. The first-order valence-electron chi connectivity index (χ1n) is 6.80. The van der Waals surface area contributed by atoms with Crippen LogP contribution in [-0.4, -0.2) is 46.9 Å². The Morgan fingerprint density at radius 3 is 2.37 bits per heavy atom. The van der Waals surface area contributed by atoms with Crippen LogP contribution in [0.5, 0.6) is 0 Å². The van der Waals surface area contributed by atoms with E-state index >= 15 is 0 Å². The summed E-state index contributed by atoms with van der Waals surface area (Å²) >= 11 is 6.35. The highest BCUT2D eigenvalue weighted by atomic mass is 35.5. The van der Waals surface area contributed by atoms with E-state index in [9.17, 15) is 0 Å². The Labute approximate surface area is 122 Å². The lowest BCUT2D eigenvalue weighted by Gasteiger charge is -2.40. The molecule has 0 radical (unpaired) electrons. The van der Waals surface area contributed by atoms with Crippen molar-refractivity contribution in [1.29, 1.82) is 0 Å². The van der Waals surface area contributed by atoms with Gasteiger partial charge in [0.2, 0.25) is 0 Å². The minimum absolute atomic E-state index is 0.0433. The van der Waals surface area contributed by atoms with Crippen molar-refractivity contribution < 1.29 is 0 Å². The lowest BCUT2D eigenvalue weighted by atomic mass is 9.88. The van der Waals surface area contributed by atoms with Gasteiger partial charge in [-0.05, 0) is 47.8 Å². The number of nitrogens with one attached hydrogen (secondary N) is 1. The molecule has 1 unspecified atom stereocenters. The van der Waals surface area contributed by atoms with Crippen molar-refractivity contribution in [2.24, 2.45) is 7.05 Å². The number of aromatic nitrogens is 2. The van der Waals surface area contributed by atoms with Crippen LogP contribution in [0.15, 0.2) is 0 Å². The van der Waals surface area contributed by atoms with Crippen molar-refractivity contribution in [3.8, 4) is 0 Å². The number of aryl methyl sites for hydroxylation is 2. The zero-order chi connectivity index (χ0) is 14.8. The van der Waals surface area contributed by atoms with E-state index in [0.717, 1.165) is 29.4 Å². The summed E-state index contributed by atoms with van der Waals surface area (Å²) in [6, 6.07) is 0.327. The molecule has 0 saturated carbocycles. The van der Waals surface area contributed by atoms with Gasteiger partial charge in [-0.2, -0.15) is 5.10 Å². The van der Waals surface area contributed by atoms with Crippen LogP contribution in [0.4, 0.5) is 0 Å². The molecule has 0 fully saturated rings. The SMILES string of the molecule is CCNC(Cc1c(C)nn(C)c1Cl)C(C)(C)N(C)C. The first kappa shape index (κ1) is 16.5. The summed E-state index contributed by atoms with van der Waals surface area (Å²) in [5.41, 5.74) is 2.21. The maximum Gasteiger partial charge on any atom is 0.130 e. The molecule has 0 aliphatic heterocycles. The molecule has 1 rings (SSSR count). The topological polar surface area (TPSA) is 33.1 Å². The fraction of sp³-hybridized carbons (Fsp3) is 0.786. The van der Waals surface area contributed by atoms with Gasteiger partial charge in [0, 0.05) is 24.2 Å². The standard InChI is InChI=1S/C14H27ClN4/c1-8-16-12(14(3,4)18(5)6)9-11-10(2)17-19(7)13(11)15/h12,16H,8-9H2,1-7H3. The van der Waals surface area contributed by atoms with E-state index in [2.05, 4.69) is 50.2 Å². The van der Waals surface area contributed by atoms with Gasteiger partial charge in [-0.3, -0.25) is 4.68 Å². The van der Waals surface area contributed by atoms with Gasteiger partial charge in [-0.1, -0.05) is 18.5 Å². The second kappa shape index (κ2) is 6.25. The van der Waals surface area contributed by atoms with Crippen molar-refractivity contribution in [2.45, 2.75) is 45.7 Å². The predicted molar refractivity (Wildman–Crippen MR) is 81.9 cm³/mol. The molecule has 0 aliphatic carbocycles. The molecule has 0 aromatic carbocycles. The summed E-state index contributed by atoms with van der Waals surface area (Å²) in [5.74, 6) is 0. The Bertz CT molecular complexity index is 423. The van der Waals surface area contributed by atoms with Gasteiger partial charge in [0.15, 0.2) is 0 Å². The van der Waals surface area contributed by atoms with Crippen molar-refractivity contribution in [2.75, 3.05) is 20.6 Å². The second-order valence-electron chi connectivity index (χ2n) is 5.84. The lowest BCUT2D eigenvalue weighted by molar-refractivity contribution is 0.138. The van der Waals surface area contributed by atoms with Crippen LogP contribution in [0.3, 0.4) is 0 Å². The minimum Gasteiger partial charge on any atom is -0.312 e. The van der Waals surface area contributed by atoms with Crippen LogP contribution in [0.2, 0.25) is 5.15 Å². The van der Waals surface area contributed by atoms with Gasteiger partial charge in [0.1, 0.15) is 5.15 Å². The molecular weight excluding hydrogens is 260 g/mol. The molecule has 19 heavy (non-hydrogen) atoms. The third-order valence-corrected chi connectivity index (χ3v) is 4.61. The molecule has 1 aromatic rings. The van der Waals surface area contributed by atoms with Crippen molar-refractivity contribution >= 4 is 11.6 Å². The molecule has 0 bridgehead atoms. The monoisotopic (exact) mass is 286 g/mol. The van der Waals surface area contributed by atoms with Crippen LogP contribution in [-0.2, 0) is 13.5 Å². The highest BCUT2D eigenvalue weighted by Gasteiger charge is 2.32. The average Bonchev–Trinajstić information content (AvgIpc) is 2.54. The van der Waals surface area contributed by atoms with E-state index in [4.69, 9.17) is 11.6 Å². The summed E-state index contributed by atoms with van der Waals surface area (Å²) in [4.78, 5) is 2.25. The van der Waals surface area contributed by atoms with Crippen molar-refractivity contribution in [1.82, 2.24) is 20.0 Å². The summed E-state index contributed by atoms with van der Waals surface area (Å²) < 4.78 is 1.75. The number of hydrogen-bond acceptors (Lipinski definition) is 3. The minimum atomic E-state index is 0.0433. The molecule has 4 nitrogen and oxygen atoms in total. The molecule has 1 N–H and O–H groups in total. The highest BCUT2D eigenvalue weighted by molar-refractivity contribution is 6.30. The quantitative estimate of drug-likeness (QED) is 0.871. The van der Waals surface area contributed by atoms with Crippen molar-refractivity contribution in [3.63, 3.8) is 0 Å².